The molecule has 1 N–H and O–H groups in total. The van der Waals surface area contributed by atoms with Gasteiger partial charge in [-0.15, -0.1) is 0 Å². The quantitative estimate of drug-likeness (QED) is 0.686. The molecule has 0 saturated heterocycles. The van der Waals surface area contributed by atoms with E-state index in [0.717, 1.165) is 18.4 Å². The number of carbonyl (C=O) groups excluding carboxylic acids is 2. The van der Waals surface area contributed by atoms with Gasteiger partial charge in [0.05, 0.1) is 6.10 Å². The Labute approximate surface area is 149 Å². The molecule has 4 nitrogen and oxygen atoms in total. The third-order valence-corrected chi connectivity index (χ3v) is 8.12. The van der Waals surface area contributed by atoms with Crippen molar-refractivity contribution in [3.05, 3.63) is 23.8 Å². The minimum atomic E-state index is -0.601. The second kappa shape index (κ2) is 4.64. The lowest BCUT2D eigenvalue weighted by Gasteiger charge is -2.64. The molecular formula is C21H28O4. The number of ether oxygens (including phenoxy) is 1. The smallest absolute Gasteiger partial charge is 0.331 e. The van der Waals surface area contributed by atoms with E-state index < -0.39 is 22.5 Å². The molecule has 4 aliphatic rings. The van der Waals surface area contributed by atoms with E-state index in [2.05, 4.69) is 19.9 Å². The lowest BCUT2D eigenvalue weighted by Crippen LogP contribution is -2.64. The summed E-state index contributed by atoms with van der Waals surface area (Å²) in [6, 6.07) is 0. The van der Waals surface area contributed by atoms with Crippen LogP contribution in [-0.2, 0) is 14.3 Å². The minimum Gasteiger partial charge on any atom is -0.452 e. The molecule has 4 rings (SSSR count). The van der Waals surface area contributed by atoms with Crippen LogP contribution in [0.4, 0.5) is 0 Å². The molecule has 4 heteroatoms. The zero-order valence-electron chi connectivity index (χ0n) is 15.8. The van der Waals surface area contributed by atoms with Crippen LogP contribution in [-0.4, -0.2) is 28.6 Å². The standard InChI is InChI=1S/C21H28O4/c1-18(2)13-10-16(23)21(5)12(19(13,3)8-7-15(18)22)6-9-20(4)14(21)11-17(24)25-20/h7-8,11-13,16,23H,6,9-10H2,1-5H3/t12-,13+,16-,19-,20-,21-/m1/s1. The molecule has 6 atom stereocenters. The number of allylic oxidation sites excluding steroid dienone is 2. The maximum Gasteiger partial charge on any atom is 0.331 e. The fraction of sp³-hybridized carbons (Fsp3) is 0.714. The van der Waals surface area contributed by atoms with E-state index in [1.165, 1.54) is 0 Å². The Balaban J connectivity index is 1.88. The second-order valence-electron chi connectivity index (χ2n) is 9.67. The Kier molecular flexibility index (Phi) is 3.16. The zero-order chi connectivity index (χ0) is 18.4. The third-order valence-electron chi connectivity index (χ3n) is 8.12. The molecule has 25 heavy (non-hydrogen) atoms. The van der Waals surface area contributed by atoms with Crippen LogP contribution in [0, 0.1) is 28.1 Å². The van der Waals surface area contributed by atoms with Gasteiger partial charge < -0.3 is 9.84 Å². The van der Waals surface area contributed by atoms with Gasteiger partial charge in [0.1, 0.15) is 5.60 Å². The first-order valence-corrected chi connectivity index (χ1v) is 9.33. The number of esters is 1. The molecule has 3 aliphatic carbocycles. The van der Waals surface area contributed by atoms with Crippen LogP contribution in [0.3, 0.4) is 0 Å². The third kappa shape index (κ3) is 1.87. The highest BCUT2D eigenvalue weighted by Crippen LogP contribution is 2.68. The Morgan fingerprint density at radius 1 is 1.12 bits per heavy atom. The van der Waals surface area contributed by atoms with Crippen molar-refractivity contribution in [1.29, 1.82) is 0 Å². The van der Waals surface area contributed by atoms with Crippen molar-refractivity contribution in [3.63, 3.8) is 0 Å². The maximum absolute atomic E-state index is 12.5. The van der Waals surface area contributed by atoms with E-state index in [1.54, 1.807) is 12.2 Å². The largest absolute Gasteiger partial charge is 0.452 e. The molecule has 1 heterocycles. The molecule has 0 aromatic rings. The highest BCUT2D eigenvalue weighted by molar-refractivity contribution is 5.96. The fourth-order valence-corrected chi connectivity index (χ4v) is 6.68. The van der Waals surface area contributed by atoms with E-state index >= 15 is 0 Å². The topological polar surface area (TPSA) is 63.6 Å². The number of aliphatic hydroxyl groups is 1. The first kappa shape index (κ1) is 17.0. The predicted octanol–water partition coefficient (Wildman–Crippen LogP) is 3.20. The average molecular weight is 344 g/mol. The van der Waals surface area contributed by atoms with Crippen LogP contribution in [0.5, 0.6) is 0 Å². The Morgan fingerprint density at radius 3 is 2.48 bits per heavy atom. The summed E-state index contributed by atoms with van der Waals surface area (Å²) >= 11 is 0. The fourth-order valence-electron chi connectivity index (χ4n) is 6.68. The zero-order valence-corrected chi connectivity index (χ0v) is 15.8. The molecule has 0 unspecified atom stereocenters. The number of aliphatic hydroxyl groups excluding tert-OH is 1. The number of ketones is 1. The van der Waals surface area contributed by atoms with Crippen LogP contribution in [0.1, 0.15) is 53.9 Å². The van der Waals surface area contributed by atoms with Gasteiger partial charge in [0, 0.05) is 16.9 Å². The number of carbonyl (C=O) groups is 2. The molecule has 0 radical (unpaired) electrons. The lowest BCUT2D eigenvalue weighted by atomic mass is 9.40. The van der Waals surface area contributed by atoms with Crippen LogP contribution < -0.4 is 0 Å². The van der Waals surface area contributed by atoms with Crippen molar-refractivity contribution >= 4 is 11.8 Å². The minimum absolute atomic E-state index is 0.0913. The van der Waals surface area contributed by atoms with Crippen LogP contribution >= 0.6 is 0 Å². The molecule has 0 bridgehead atoms. The molecule has 1 aliphatic heterocycles. The monoisotopic (exact) mass is 344 g/mol. The van der Waals surface area contributed by atoms with Crippen LogP contribution in [0.15, 0.2) is 23.8 Å². The summed E-state index contributed by atoms with van der Waals surface area (Å²) in [6.07, 6.45) is 7.05. The molecule has 0 spiro atoms. The molecule has 0 amide bonds. The predicted molar refractivity (Wildman–Crippen MR) is 93.6 cm³/mol. The van der Waals surface area contributed by atoms with Crippen molar-refractivity contribution in [2.24, 2.45) is 28.1 Å². The average Bonchev–Trinajstić information content (AvgIpc) is 2.83. The van der Waals surface area contributed by atoms with Crippen molar-refractivity contribution in [2.45, 2.75) is 65.6 Å². The van der Waals surface area contributed by atoms with E-state index in [-0.39, 0.29) is 29.0 Å². The van der Waals surface area contributed by atoms with Gasteiger partial charge in [-0.25, -0.2) is 4.79 Å². The molecular weight excluding hydrogens is 316 g/mol. The van der Waals surface area contributed by atoms with Gasteiger partial charge in [-0.1, -0.05) is 33.8 Å². The Hall–Kier alpha value is -1.42. The molecule has 2 fully saturated rings. The lowest BCUT2D eigenvalue weighted by molar-refractivity contribution is -0.174. The molecule has 0 aromatic carbocycles. The number of rotatable bonds is 0. The highest BCUT2D eigenvalue weighted by atomic mass is 16.6. The van der Waals surface area contributed by atoms with E-state index in [9.17, 15) is 14.7 Å². The summed E-state index contributed by atoms with van der Waals surface area (Å²) in [5.41, 5.74) is -0.833. The summed E-state index contributed by atoms with van der Waals surface area (Å²) in [6.45, 7) is 10.3. The normalized spacial score (nSPS) is 50.5. The Bertz CT molecular complexity index is 732. The Morgan fingerprint density at radius 2 is 1.80 bits per heavy atom. The molecule has 136 valence electrons. The van der Waals surface area contributed by atoms with Crippen molar-refractivity contribution in [2.75, 3.05) is 0 Å². The van der Waals surface area contributed by atoms with Crippen LogP contribution in [0.25, 0.3) is 0 Å². The SMILES string of the molecule is CC1(C)C(=O)C=C[C@]2(C)[C@H]3CC[C@@]4(C)OC(=O)C=C4[C@]3(C)[C@H](O)C[C@@H]12. The number of hydrogen-bond acceptors (Lipinski definition) is 4. The van der Waals surface area contributed by atoms with Gasteiger partial charge >= 0.3 is 5.97 Å². The van der Waals surface area contributed by atoms with Gasteiger partial charge in [-0.3, -0.25) is 4.79 Å². The first-order valence-electron chi connectivity index (χ1n) is 9.33. The second-order valence-corrected chi connectivity index (χ2v) is 9.67. The van der Waals surface area contributed by atoms with Gasteiger partial charge in [-0.2, -0.15) is 0 Å². The highest BCUT2D eigenvalue weighted by Gasteiger charge is 2.67. The van der Waals surface area contributed by atoms with E-state index in [1.807, 2.05) is 20.8 Å². The van der Waals surface area contributed by atoms with Gasteiger partial charge in [0.15, 0.2) is 5.78 Å². The maximum atomic E-state index is 12.5. The summed E-state index contributed by atoms with van der Waals surface area (Å²) in [5.74, 6) is 0.110. The van der Waals surface area contributed by atoms with Gasteiger partial charge in [-0.05, 0) is 55.1 Å². The summed E-state index contributed by atoms with van der Waals surface area (Å²) in [7, 11) is 0. The van der Waals surface area contributed by atoms with Crippen molar-refractivity contribution in [1.82, 2.24) is 0 Å². The number of fused-ring (bicyclic) bond motifs is 5. The van der Waals surface area contributed by atoms with E-state index in [0.29, 0.717) is 6.42 Å². The molecule has 0 aromatic heterocycles. The van der Waals surface area contributed by atoms with Crippen molar-refractivity contribution < 1.29 is 19.4 Å². The summed E-state index contributed by atoms with van der Waals surface area (Å²) in [5, 5.41) is 11.2. The first-order chi connectivity index (χ1) is 11.5. The van der Waals surface area contributed by atoms with Crippen molar-refractivity contribution in [3.8, 4) is 0 Å². The van der Waals surface area contributed by atoms with Crippen LogP contribution in [0.2, 0.25) is 0 Å². The van der Waals surface area contributed by atoms with E-state index in [4.69, 9.17) is 4.74 Å². The van der Waals surface area contributed by atoms with Gasteiger partial charge in [0.2, 0.25) is 0 Å². The number of hydrogen-bond donors (Lipinski definition) is 1. The summed E-state index contributed by atoms with van der Waals surface area (Å²) in [4.78, 5) is 24.5. The van der Waals surface area contributed by atoms with Gasteiger partial charge in [0.25, 0.3) is 0 Å². The molecule has 2 saturated carbocycles. The summed E-state index contributed by atoms with van der Waals surface area (Å²) < 4.78 is 5.63.